The summed E-state index contributed by atoms with van der Waals surface area (Å²) in [6.07, 6.45) is 2.57. The summed E-state index contributed by atoms with van der Waals surface area (Å²) < 4.78 is 1.87. The van der Waals surface area contributed by atoms with Crippen LogP contribution >= 0.6 is 0 Å². The molecule has 2 rings (SSSR count). The van der Waals surface area contributed by atoms with Gasteiger partial charge in [-0.3, -0.25) is 4.68 Å². The van der Waals surface area contributed by atoms with Gasteiger partial charge in [0.25, 0.3) is 0 Å². The van der Waals surface area contributed by atoms with Gasteiger partial charge < -0.3 is 10.2 Å². The second-order valence-corrected chi connectivity index (χ2v) is 4.28. The Kier molecular flexibility index (Phi) is 3.17. The van der Waals surface area contributed by atoms with Crippen LogP contribution in [0.2, 0.25) is 0 Å². The number of carbonyl (C=O) groups excluding carboxylic acids is 1. The number of amides is 2. The number of hydrogen-bond donors (Lipinski definition) is 1. The van der Waals surface area contributed by atoms with E-state index in [4.69, 9.17) is 0 Å². The lowest BCUT2D eigenvalue weighted by atomic mass is 10.1. The molecule has 0 spiro atoms. The van der Waals surface area contributed by atoms with Gasteiger partial charge in [0.05, 0.1) is 17.9 Å². The third-order valence-electron chi connectivity index (χ3n) is 3.13. The largest absolute Gasteiger partial charge is 0.335 e. The van der Waals surface area contributed by atoms with Gasteiger partial charge in [-0.2, -0.15) is 5.10 Å². The van der Waals surface area contributed by atoms with E-state index >= 15 is 0 Å². The summed E-state index contributed by atoms with van der Waals surface area (Å²) in [4.78, 5) is 13.6. The maximum atomic E-state index is 11.8. The highest BCUT2D eigenvalue weighted by molar-refractivity contribution is 5.74. The first-order chi connectivity index (χ1) is 8.13. The maximum Gasteiger partial charge on any atom is 0.318 e. The Morgan fingerprint density at radius 3 is 3.12 bits per heavy atom. The minimum absolute atomic E-state index is 0.0330. The molecule has 0 unspecified atom stereocenters. The van der Waals surface area contributed by atoms with E-state index in [9.17, 15) is 4.79 Å². The van der Waals surface area contributed by atoms with Gasteiger partial charge in [-0.15, -0.1) is 6.58 Å². The Balaban J connectivity index is 2.10. The van der Waals surface area contributed by atoms with E-state index in [0.29, 0.717) is 13.1 Å². The topological polar surface area (TPSA) is 50.2 Å². The summed E-state index contributed by atoms with van der Waals surface area (Å²) in [7, 11) is 1.93. The van der Waals surface area contributed by atoms with Gasteiger partial charge in [-0.05, 0) is 18.9 Å². The van der Waals surface area contributed by atoms with Gasteiger partial charge in [0, 0.05) is 20.1 Å². The Labute approximate surface area is 101 Å². The predicted octanol–water partition coefficient (Wildman–Crippen LogP) is 0.982. The fraction of sp³-hybridized carbons (Fsp3) is 0.500. The summed E-state index contributed by atoms with van der Waals surface area (Å²) >= 11 is 0. The zero-order chi connectivity index (χ0) is 12.4. The Morgan fingerprint density at radius 2 is 2.41 bits per heavy atom. The maximum absolute atomic E-state index is 11.8. The van der Waals surface area contributed by atoms with Crippen molar-refractivity contribution >= 4 is 6.03 Å². The summed E-state index contributed by atoms with van der Waals surface area (Å²) in [5, 5.41) is 7.19. The number of rotatable bonds is 2. The average molecular weight is 234 g/mol. The van der Waals surface area contributed by atoms with Crippen molar-refractivity contribution in [3.05, 3.63) is 29.6 Å². The van der Waals surface area contributed by atoms with Gasteiger partial charge in [0.15, 0.2) is 0 Å². The van der Waals surface area contributed by atoms with Crippen molar-refractivity contribution in [3.63, 3.8) is 0 Å². The zero-order valence-electron chi connectivity index (χ0n) is 10.4. The fourth-order valence-electron chi connectivity index (χ4n) is 2.22. The molecule has 1 aromatic heterocycles. The van der Waals surface area contributed by atoms with Gasteiger partial charge in [0.1, 0.15) is 0 Å². The average Bonchev–Trinajstić information content (AvgIpc) is 2.61. The van der Waals surface area contributed by atoms with E-state index in [-0.39, 0.29) is 6.03 Å². The molecule has 17 heavy (non-hydrogen) atoms. The summed E-state index contributed by atoms with van der Waals surface area (Å²) in [6.45, 7) is 7.50. The van der Waals surface area contributed by atoms with Crippen molar-refractivity contribution in [1.29, 1.82) is 0 Å². The molecule has 0 aliphatic carbocycles. The van der Waals surface area contributed by atoms with E-state index in [1.807, 2.05) is 23.6 Å². The number of nitrogens with one attached hydrogen (secondary N) is 1. The molecule has 0 bridgehead atoms. The number of carbonyl (C=O) groups is 1. The summed E-state index contributed by atoms with van der Waals surface area (Å²) in [5.41, 5.74) is 3.51. The number of fused-ring (bicyclic) bond motifs is 1. The number of aryl methyl sites for hydroxylation is 2. The minimum Gasteiger partial charge on any atom is -0.335 e. The van der Waals surface area contributed by atoms with Crippen molar-refractivity contribution < 1.29 is 4.79 Å². The molecule has 0 aromatic carbocycles. The van der Waals surface area contributed by atoms with Crippen LogP contribution in [0.3, 0.4) is 0 Å². The Morgan fingerprint density at radius 1 is 1.65 bits per heavy atom. The fourth-order valence-corrected chi connectivity index (χ4v) is 2.22. The predicted molar refractivity (Wildman–Crippen MR) is 65.7 cm³/mol. The molecule has 0 atom stereocenters. The highest BCUT2D eigenvalue weighted by Gasteiger charge is 2.24. The molecular formula is C12H18N4O. The van der Waals surface area contributed by atoms with Crippen molar-refractivity contribution in [2.45, 2.75) is 19.9 Å². The molecule has 0 radical (unpaired) electrons. The summed E-state index contributed by atoms with van der Waals surface area (Å²) in [6, 6.07) is -0.0330. The monoisotopic (exact) mass is 234 g/mol. The molecule has 0 saturated heterocycles. The quantitative estimate of drug-likeness (QED) is 0.776. The molecule has 92 valence electrons. The lowest BCUT2D eigenvalue weighted by molar-refractivity contribution is 0.192. The molecule has 1 aromatic rings. The third kappa shape index (κ3) is 2.18. The van der Waals surface area contributed by atoms with Crippen LogP contribution in [0.1, 0.15) is 17.0 Å². The Hall–Kier alpha value is -1.78. The van der Waals surface area contributed by atoms with Crippen LogP contribution in [0.25, 0.3) is 0 Å². The first-order valence-corrected chi connectivity index (χ1v) is 5.78. The normalized spacial score (nSPS) is 14.4. The smallest absolute Gasteiger partial charge is 0.318 e. The van der Waals surface area contributed by atoms with Gasteiger partial charge in [-0.25, -0.2) is 4.79 Å². The van der Waals surface area contributed by atoms with Crippen LogP contribution < -0.4 is 5.32 Å². The first-order valence-electron chi connectivity index (χ1n) is 5.78. The van der Waals surface area contributed by atoms with Crippen LogP contribution in [-0.2, 0) is 20.0 Å². The van der Waals surface area contributed by atoms with Gasteiger partial charge in [0.2, 0.25) is 0 Å². The molecular weight excluding hydrogens is 216 g/mol. The Bertz CT molecular complexity index is 450. The van der Waals surface area contributed by atoms with E-state index in [1.54, 1.807) is 6.08 Å². The second-order valence-electron chi connectivity index (χ2n) is 4.28. The van der Waals surface area contributed by atoms with Gasteiger partial charge in [-0.1, -0.05) is 6.08 Å². The molecule has 2 heterocycles. The van der Waals surface area contributed by atoms with E-state index in [2.05, 4.69) is 17.0 Å². The molecule has 1 aliphatic heterocycles. The highest BCUT2D eigenvalue weighted by atomic mass is 16.2. The van der Waals surface area contributed by atoms with E-state index in [0.717, 1.165) is 24.4 Å². The molecule has 0 saturated carbocycles. The highest BCUT2D eigenvalue weighted by Crippen LogP contribution is 2.21. The van der Waals surface area contributed by atoms with Crippen molar-refractivity contribution in [3.8, 4) is 0 Å². The molecule has 1 N–H and O–H groups in total. The lowest BCUT2D eigenvalue weighted by Crippen LogP contribution is -2.43. The lowest BCUT2D eigenvalue weighted by Gasteiger charge is -2.27. The van der Waals surface area contributed by atoms with E-state index in [1.165, 1.54) is 5.56 Å². The third-order valence-corrected chi connectivity index (χ3v) is 3.13. The number of nitrogens with zero attached hydrogens (tertiary/aromatic N) is 3. The zero-order valence-corrected chi connectivity index (χ0v) is 10.4. The van der Waals surface area contributed by atoms with Crippen molar-refractivity contribution in [2.75, 3.05) is 13.1 Å². The SMILES string of the molecule is C=CCNC(=O)N1CCc2c(C)nn(C)c2C1. The number of aromatic nitrogens is 2. The standard InChI is InChI=1S/C12H18N4O/c1-4-6-13-12(17)16-7-5-10-9(2)14-15(3)11(10)8-16/h4H,1,5-8H2,2-3H3,(H,13,17). The van der Waals surface area contributed by atoms with Crippen LogP contribution in [-0.4, -0.2) is 33.8 Å². The molecule has 1 aliphatic rings. The molecule has 2 amide bonds. The minimum atomic E-state index is -0.0330. The molecule has 0 fully saturated rings. The van der Waals surface area contributed by atoms with Crippen LogP contribution in [0, 0.1) is 6.92 Å². The van der Waals surface area contributed by atoms with Crippen LogP contribution in [0.15, 0.2) is 12.7 Å². The molecule has 5 heteroatoms. The van der Waals surface area contributed by atoms with Crippen LogP contribution in [0.5, 0.6) is 0 Å². The second kappa shape index (κ2) is 4.61. The van der Waals surface area contributed by atoms with Crippen molar-refractivity contribution in [1.82, 2.24) is 20.0 Å². The molecule has 5 nitrogen and oxygen atoms in total. The summed E-state index contributed by atoms with van der Waals surface area (Å²) in [5.74, 6) is 0. The first kappa shape index (κ1) is 11.7. The van der Waals surface area contributed by atoms with Gasteiger partial charge >= 0.3 is 6.03 Å². The number of hydrogen-bond acceptors (Lipinski definition) is 2. The number of urea groups is 1. The van der Waals surface area contributed by atoms with Crippen LogP contribution in [0.4, 0.5) is 4.79 Å². The van der Waals surface area contributed by atoms with Crippen molar-refractivity contribution in [2.24, 2.45) is 7.05 Å². The van der Waals surface area contributed by atoms with E-state index < -0.39 is 0 Å².